The number of carbonyl (C=O) groups excluding carboxylic acids is 2. The molecule has 116 valence electrons. The van der Waals surface area contributed by atoms with Crippen LogP contribution in [0.1, 0.15) is 38.1 Å². The molecule has 6 heteroatoms. The molecule has 0 aliphatic rings. The Balaban J connectivity index is 2.85. The van der Waals surface area contributed by atoms with Crippen molar-refractivity contribution >= 4 is 17.6 Å². The molecular weight excluding hydrogens is 272 g/mol. The number of hydrogen-bond acceptors (Lipinski definition) is 5. The Morgan fingerprint density at radius 1 is 1.29 bits per heavy atom. The number of amides is 1. The van der Waals surface area contributed by atoms with Crippen LogP contribution < -0.4 is 15.8 Å². The third kappa shape index (κ3) is 4.66. The fourth-order valence-electron chi connectivity index (χ4n) is 1.68. The molecule has 0 aliphatic carbocycles. The van der Waals surface area contributed by atoms with Crippen molar-refractivity contribution in [3.05, 3.63) is 23.8 Å². The van der Waals surface area contributed by atoms with E-state index in [-0.39, 0.29) is 11.3 Å². The highest BCUT2D eigenvalue weighted by molar-refractivity contribution is 6.03. The van der Waals surface area contributed by atoms with Gasteiger partial charge in [0.1, 0.15) is 23.0 Å². The zero-order chi connectivity index (χ0) is 16.2. The van der Waals surface area contributed by atoms with E-state index >= 15 is 0 Å². The smallest absolute Gasteiger partial charge is 0.328 e. The van der Waals surface area contributed by atoms with Gasteiger partial charge in [-0.3, -0.25) is 4.79 Å². The Hall–Kier alpha value is -2.24. The van der Waals surface area contributed by atoms with Crippen LogP contribution in [-0.4, -0.2) is 30.6 Å². The maximum absolute atomic E-state index is 12.2. The lowest BCUT2D eigenvalue weighted by Crippen LogP contribution is -2.42. The minimum Gasteiger partial charge on any atom is -0.496 e. The third-order valence-electron chi connectivity index (χ3n) is 2.61. The second kappa shape index (κ2) is 6.47. The van der Waals surface area contributed by atoms with E-state index in [2.05, 4.69) is 5.32 Å². The minimum absolute atomic E-state index is 0.204. The average Bonchev–Trinajstić information content (AvgIpc) is 2.35. The van der Waals surface area contributed by atoms with Gasteiger partial charge in [0.05, 0.1) is 7.11 Å². The van der Waals surface area contributed by atoms with Gasteiger partial charge in [0.25, 0.3) is 5.91 Å². The molecule has 0 aliphatic heterocycles. The molecule has 1 unspecified atom stereocenters. The van der Waals surface area contributed by atoms with Crippen molar-refractivity contribution < 1.29 is 19.1 Å². The van der Waals surface area contributed by atoms with Crippen molar-refractivity contribution in [2.75, 3.05) is 12.8 Å². The van der Waals surface area contributed by atoms with Crippen LogP contribution in [0.5, 0.6) is 5.75 Å². The van der Waals surface area contributed by atoms with Crippen molar-refractivity contribution in [2.45, 2.75) is 39.3 Å². The van der Waals surface area contributed by atoms with Crippen LogP contribution in [0, 0.1) is 0 Å². The summed E-state index contributed by atoms with van der Waals surface area (Å²) < 4.78 is 10.3. The summed E-state index contributed by atoms with van der Waals surface area (Å²) in [6.45, 7) is 6.84. The van der Waals surface area contributed by atoms with Gasteiger partial charge in [-0.05, 0) is 39.8 Å². The maximum atomic E-state index is 12.2. The van der Waals surface area contributed by atoms with E-state index in [4.69, 9.17) is 15.2 Å². The Kier molecular flexibility index (Phi) is 5.18. The number of ether oxygens (including phenoxy) is 2. The van der Waals surface area contributed by atoms with Crippen LogP contribution in [0.2, 0.25) is 0 Å². The van der Waals surface area contributed by atoms with Crippen molar-refractivity contribution in [2.24, 2.45) is 0 Å². The molecule has 1 aromatic rings. The molecule has 1 amide bonds. The molecule has 0 spiro atoms. The second-order valence-electron chi connectivity index (χ2n) is 5.65. The Bertz CT molecular complexity index is 535. The molecule has 0 fully saturated rings. The highest BCUT2D eigenvalue weighted by atomic mass is 16.6. The summed E-state index contributed by atoms with van der Waals surface area (Å²) in [6.07, 6.45) is 0. The zero-order valence-electron chi connectivity index (χ0n) is 13.0. The summed E-state index contributed by atoms with van der Waals surface area (Å²) in [6, 6.07) is 4.11. The molecule has 0 aromatic heterocycles. The molecule has 1 atom stereocenters. The van der Waals surface area contributed by atoms with E-state index in [9.17, 15) is 9.59 Å². The first-order chi connectivity index (χ1) is 9.65. The number of benzene rings is 1. The minimum atomic E-state index is -0.791. The van der Waals surface area contributed by atoms with Crippen molar-refractivity contribution in [1.82, 2.24) is 5.32 Å². The molecule has 0 bridgehead atoms. The summed E-state index contributed by atoms with van der Waals surface area (Å²) in [4.78, 5) is 24.1. The first-order valence-corrected chi connectivity index (χ1v) is 6.62. The van der Waals surface area contributed by atoms with Crippen LogP contribution >= 0.6 is 0 Å². The number of rotatable bonds is 4. The highest BCUT2D eigenvalue weighted by Gasteiger charge is 2.25. The second-order valence-corrected chi connectivity index (χ2v) is 5.65. The number of methoxy groups -OCH3 is 1. The van der Waals surface area contributed by atoms with Gasteiger partial charge in [-0.1, -0.05) is 6.07 Å². The molecule has 1 aromatic carbocycles. The van der Waals surface area contributed by atoms with E-state index in [0.29, 0.717) is 5.75 Å². The third-order valence-corrected chi connectivity index (χ3v) is 2.61. The molecular formula is C15H22N2O4. The van der Waals surface area contributed by atoms with Crippen LogP contribution in [0.25, 0.3) is 0 Å². The quantitative estimate of drug-likeness (QED) is 0.652. The molecule has 1 rings (SSSR count). The van der Waals surface area contributed by atoms with Crippen LogP contribution in [0.3, 0.4) is 0 Å². The number of esters is 1. The van der Waals surface area contributed by atoms with Gasteiger partial charge in [0.15, 0.2) is 0 Å². The first-order valence-electron chi connectivity index (χ1n) is 6.62. The lowest BCUT2D eigenvalue weighted by molar-refractivity contribution is -0.156. The van der Waals surface area contributed by atoms with Gasteiger partial charge in [0, 0.05) is 5.69 Å². The van der Waals surface area contributed by atoms with E-state index < -0.39 is 23.5 Å². The monoisotopic (exact) mass is 294 g/mol. The molecule has 0 saturated heterocycles. The predicted molar refractivity (Wildman–Crippen MR) is 80.2 cm³/mol. The molecule has 3 N–H and O–H groups in total. The normalized spacial score (nSPS) is 12.4. The van der Waals surface area contributed by atoms with E-state index in [1.807, 2.05) is 0 Å². The summed E-state index contributed by atoms with van der Waals surface area (Å²) in [5.74, 6) is -0.642. The Morgan fingerprint density at radius 3 is 2.43 bits per heavy atom. The summed E-state index contributed by atoms with van der Waals surface area (Å²) in [5, 5.41) is 2.56. The first kappa shape index (κ1) is 16.8. The van der Waals surface area contributed by atoms with Crippen molar-refractivity contribution in [1.29, 1.82) is 0 Å². The summed E-state index contributed by atoms with van der Waals surface area (Å²) in [7, 11) is 1.45. The van der Waals surface area contributed by atoms with Gasteiger partial charge in [-0.15, -0.1) is 0 Å². The Morgan fingerprint density at radius 2 is 1.90 bits per heavy atom. The van der Waals surface area contributed by atoms with Crippen LogP contribution in [0.4, 0.5) is 5.69 Å². The van der Waals surface area contributed by atoms with Gasteiger partial charge in [0.2, 0.25) is 0 Å². The van der Waals surface area contributed by atoms with Gasteiger partial charge >= 0.3 is 5.97 Å². The summed E-state index contributed by atoms with van der Waals surface area (Å²) >= 11 is 0. The van der Waals surface area contributed by atoms with E-state index in [0.717, 1.165) is 0 Å². The highest BCUT2D eigenvalue weighted by Crippen LogP contribution is 2.24. The lowest BCUT2D eigenvalue weighted by atomic mass is 10.1. The molecule has 21 heavy (non-hydrogen) atoms. The zero-order valence-corrected chi connectivity index (χ0v) is 13.0. The number of nitrogens with two attached hydrogens (primary N) is 1. The number of nitrogens with one attached hydrogen (secondary N) is 1. The number of hydrogen-bond donors (Lipinski definition) is 2. The summed E-state index contributed by atoms with van der Waals surface area (Å²) in [5.41, 5.74) is 5.67. The van der Waals surface area contributed by atoms with Crippen LogP contribution in [-0.2, 0) is 9.53 Å². The van der Waals surface area contributed by atoms with Gasteiger partial charge < -0.3 is 20.5 Å². The lowest BCUT2D eigenvalue weighted by Gasteiger charge is -2.23. The molecule has 0 saturated carbocycles. The Labute approximate surface area is 124 Å². The van der Waals surface area contributed by atoms with Gasteiger partial charge in [-0.2, -0.15) is 0 Å². The SMILES string of the molecule is COc1cccc(N)c1C(=O)NC(C)C(=O)OC(C)(C)C. The van der Waals surface area contributed by atoms with Gasteiger partial charge in [-0.25, -0.2) is 4.79 Å². The standard InChI is InChI=1S/C15H22N2O4/c1-9(14(19)21-15(2,3)4)17-13(18)12-10(16)7-6-8-11(12)20-5/h6-9H,16H2,1-5H3,(H,17,18). The van der Waals surface area contributed by atoms with Crippen LogP contribution in [0.15, 0.2) is 18.2 Å². The number of carbonyl (C=O) groups is 2. The van der Waals surface area contributed by atoms with E-state index in [1.165, 1.54) is 7.11 Å². The number of anilines is 1. The predicted octanol–water partition coefficient (Wildman–Crippen LogP) is 1.74. The fourth-order valence-corrected chi connectivity index (χ4v) is 1.68. The average molecular weight is 294 g/mol. The van der Waals surface area contributed by atoms with Crippen molar-refractivity contribution in [3.63, 3.8) is 0 Å². The molecule has 6 nitrogen and oxygen atoms in total. The molecule has 0 heterocycles. The fraction of sp³-hybridized carbons (Fsp3) is 0.467. The van der Waals surface area contributed by atoms with E-state index in [1.54, 1.807) is 45.9 Å². The molecule has 0 radical (unpaired) electrons. The number of nitrogen functional groups attached to an aromatic ring is 1. The topological polar surface area (TPSA) is 90.6 Å². The maximum Gasteiger partial charge on any atom is 0.328 e. The largest absolute Gasteiger partial charge is 0.496 e. The van der Waals surface area contributed by atoms with Crippen molar-refractivity contribution in [3.8, 4) is 5.75 Å².